The van der Waals surface area contributed by atoms with Crippen molar-refractivity contribution in [1.29, 1.82) is 0 Å². The van der Waals surface area contributed by atoms with E-state index in [0.717, 1.165) is 28.1 Å². The number of pyridine rings is 1. The second kappa shape index (κ2) is 3.72. The van der Waals surface area contributed by atoms with Crippen LogP contribution in [0.4, 0.5) is 0 Å². The van der Waals surface area contributed by atoms with Gasteiger partial charge < -0.3 is 8.82 Å². The van der Waals surface area contributed by atoms with Crippen LogP contribution >= 0.6 is 0 Å². The van der Waals surface area contributed by atoms with E-state index in [-0.39, 0.29) is 0 Å². The molecular formula is C16H12N2O. The Bertz CT molecular complexity index is 853. The normalized spacial score (nSPS) is 11.4. The van der Waals surface area contributed by atoms with Crippen LogP contribution in [0.5, 0.6) is 0 Å². The number of benzene rings is 1. The molecule has 19 heavy (non-hydrogen) atoms. The molecule has 1 aromatic carbocycles. The maximum atomic E-state index is 5.84. The van der Waals surface area contributed by atoms with Gasteiger partial charge in [0.25, 0.3) is 0 Å². The molecule has 0 saturated carbocycles. The van der Waals surface area contributed by atoms with Gasteiger partial charge in [0.1, 0.15) is 16.9 Å². The highest BCUT2D eigenvalue weighted by atomic mass is 16.3. The Hall–Kier alpha value is -2.55. The predicted octanol–water partition coefficient (Wildman–Crippen LogP) is 4.06. The van der Waals surface area contributed by atoms with Crippen molar-refractivity contribution < 1.29 is 4.42 Å². The average molecular weight is 248 g/mol. The minimum atomic E-state index is 0.808. The third kappa shape index (κ3) is 1.63. The first-order valence-corrected chi connectivity index (χ1v) is 6.24. The molecule has 0 aliphatic carbocycles. The lowest BCUT2D eigenvalue weighted by Gasteiger charge is -1.92. The summed E-state index contributed by atoms with van der Waals surface area (Å²) >= 11 is 0. The first-order chi connectivity index (χ1) is 9.29. The quantitative estimate of drug-likeness (QED) is 0.508. The summed E-state index contributed by atoms with van der Waals surface area (Å²) in [7, 11) is 0. The first-order valence-electron chi connectivity index (χ1n) is 6.24. The molecule has 0 atom stereocenters. The summed E-state index contributed by atoms with van der Waals surface area (Å²) in [6, 6.07) is 14.1. The fraction of sp³-hybridized carbons (Fsp3) is 0.0625. The Balaban J connectivity index is 1.93. The standard InChI is InChI=1S/C16H12N2O/c1-11-6-7-16-17-13(10-18(16)9-11)15-8-12-4-2-3-5-14(12)19-15/h2-10H,1H3. The van der Waals surface area contributed by atoms with Crippen LogP contribution in [0, 0.1) is 6.92 Å². The van der Waals surface area contributed by atoms with Crippen molar-refractivity contribution in [3.8, 4) is 11.5 Å². The molecule has 4 rings (SSSR count). The Morgan fingerprint density at radius 1 is 1.05 bits per heavy atom. The van der Waals surface area contributed by atoms with Crippen LogP contribution in [0.2, 0.25) is 0 Å². The minimum absolute atomic E-state index is 0.808. The van der Waals surface area contributed by atoms with Crippen molar-refractivity contribution in [2.75, 3.05) is 0 Å². The van der Waals surface area contributed by atoms with Gasteiger partial charge in [-0.15, -0.1) is 0 Å². The van der Waals surface area contributed by atoms with E-state index in [1.54, 1.807) is 0 Å². The van der Waals surface area contributed by atoms with Crippen LogP contribution in [-0.2, 0) is 0 Å². The van der Waals surface area contributed by atoms with Crippen molar-refractivity contribution >= 4 is 16.6 Å². The van der Waals surface area contributed by atoms with Crippen LogP contribution in [0.25, 0.3) is 28.1 Å². The number of para-hydroxylation sites is 1. The summed E-state index contributed by atoms with van der Waals surface area (Å²) in [5.41, 5.74) is 3.90. The molecular weight excluding hydrogens is 236 g/mol. The third-order valence-corrected chi connectivity index (χ3v) is 3.28. The van der Waals surface area contributed by atoms with Crippen molar-refractivity contribution in [2.24, 2.45) is 0 Å². The lowest BCUT2D eigenvalue weighted by Crippen LogP contribution is -1.82. The summed E-state index contributed by atoms with van der Waals surface area (Å²) in [4.78, 5) is 4.59. The van der Waals surface area contributed by atoms with E-state index >= 15 is 0 Å². The largest absolute Gasteiger partial charge is 0.454 e. The zero-order valence-corrected chi connectivity index (χ0v) is 10.5. The summed E-state index contributed by atoms with van der Waals surface area (Å²) in [5, 5.41) is 1.10. The fourth-order valence-corrected chi connectivity index (χ4v) is 2.33. The predicted molar refractivity (Wildman–Crippen MR) is 75.1 cm³/mol. The van der Waals surface area contributed by atoms with Gasteiger partial charge in [0.15, 0.2) is 5.76 Å². The zero-order valence-electron chi connectivity index (χ0n) is 10.5. The second-order valence-corrected chi connectivity index (χ2v) is 4.75. The van der Waals surface area contributed by atoms with Crippen LogP contribution in [0.1, 0.15) is 5.56 Å². The van der Waals surface area contributed by atoms with E-state index < -0.39 is 0 Å². The Morgan fingerprint density at radius 2 is 1.95 bits per heavy atom. The SMILES string of the molecule is Cc1ccc2nc(-c3cc4ccccc4o3)cn2c1. The summed E-state index contributed by atoms with van der Waals surface area (Å²) in [5.74, 6) is 0.808. The monoisotopic (exact) mass is 248 g/mol. The van der Waals surface area contributed by atoms with Crippen LogP contribution in [0.15, 0.2) is 59.3 Å². The minimum Gasteiger partial charge on any atom is -0.454 e. The molecule has 0 N–H and O–H groups in total. The maximum absolute atomic E-state index is 5.84. The highest BCUT2D eigenvalue weighted by Crippen LogP contribution is 2.27. The lowest BCUT2D eigenvalue weighted by molar-refractivity contribution is 0.629. The van der Waals surface area contributed by atoms with E-state index in [2.05, 4.69) is 24.2 Å². The third-order valence-electron chi connectivity index (χ3n) is 3.28. The Morgan fingerprint density at radius 3 is 2.84 bits per heavy atom. The average Bonchev–Trinajstić information content (AvgIpc) is 3.00. The lowest BCUT2D eigenvalue weighted by atomic mass is 10.2. The van der Waals surface area contributed by atoms with Gasteiger partial charge in [-0.1, -0.05) is 24.3 Å². The maximum Gasteiger partial charge on any atom is 0.155 e. The molecule has 4 aromatic rings. The molecule has 0 fully saturated rings. The van der Waals surface area contributed by atoms with E-state index in [1.165, 1.54) is 5.56 Å². The second-order valence-electron chi connectivity index (χ2n) is 4.75. The number of rotatable bonds is 1. The zero-order chi connectivity index (χ0) is 12.8. The summed E-state index contributed by atoms with van der Waals surface area (Å²) < 4.78 is 7.86. The first kappa shape index (κ1) is 10.4. The van der Waals surface area contributed by atoms with E-state index in [9.17, 15) is 0 Å². The number of nitrogens with zero attached hydrogens (tertiary/aromatic N) is 2. The Kier molecular flexibility index (Phi) is 2.03. The van der Waals surface area contributed by atoms with E-state index in [1.807, 2.05) is 47.0 Å². The molecule has 0 aliphatic rings. The van der Waals surface area contributed by atoms with E-state index in [0.29, 0.717) is 0 Å². The molecule has 0 spiro atoms. The molecule has 92 valence electrons. The number of aromatic nitrogens is 2. The summed E-state index contributed by atoms with van der Waals surface area (Å²) in [6.07, 6.45) is 4.06. The molecule has 3 aromatic heterocycles. The number of imidazole rings is 1. The molecule has 0 saturated heterocycles. The molecule has 0 amide bonds. The highest BCUT2D eigenvalue weighted by Gasteiger charge is 2.09. The van der Waals surface area contributed by atoms with Gasteiger partial charge in [-0.3, -0.25) is 0 Å². The number of fused-ring (bicyclic) bond motifs is 2. The van der Waals surface area contributed by atoms with Crippen LogP contribution in [0.3, 0.4) is 0 Å². The smallest absolute Gasteiger partial charge is 0.155 e. The molecule has 0 unspecified atom stereocenters. The van der Waals surface area contributed by atoms with Gasteiger partial charge >= 0.3 is 0 Å². The van der Waals surface area contributed by atoms with Crippen LogP contribution < -0.4 is 0 Å². The number of furan rings is 1. The van der Waals surface area contributed by atoms with Gasteiger partial charge in [0, 0.05) is 17.8 Å². The molecule has 3 nitrogen and oxygen atoms in total. The van der Waals surface area contributed by atoms with Gasteiger partial charge in [-0.05, 0) is 30.7 Å². The van der Waals surface area contributed by atoms with Gasteiger partial charge in [0.05, 0.1) is 0 Å². The van der Waals surface area contributed by atoms with Gasteiger partial charge in [0.2, 0.25) is 0 Å². The molecule has 0 aliphatic heterocycles. The van der Waals surface area contributed by atoms with Crippen molar-refractivity contribution in [2.45, 2.75) is 6.92 Å². The topological polar surface area (TPSA) is 30.4 Å². The Labute approximate surface area is 110 Å². The van der Waals surface area contributed by atoms with Crippen molar-refractivity contribution in [3.05, 3.63) is 60.4 Å². The molecule has 3 heterocycles. The van der Waals surface area contributed by atoms with E-state index in [4.69, 9.17) is 4.42 Å². The number of hydrogen-bond acceptors (Lipinski definition) is 2. The van der Waals surface area contributed by atoms with Crippen molar-refractivity contribution in [1.82, 2.24) is 9.38 Å². The van der Waals surface area contributed by atoms with Gasteiger partial charge in [-0.25, -0.2) is 4.98 Å². The molecule has 0 bridgehead atoms. The molecule has 3 heteroatoms. The van der Waals surface area contributed by atoms with Crippen LogP contribution in [-0.4, -0.2) is 9.38 Å². The van der Waals surface area contributed by atoms with Crippen molar-refractivity contribution in [3.63, 3.8) is 0 Å². The fourth-order valence-electron chi connectivity index (χ4n) is 2.33. The summed E-state index contributed by atoms with van der Waals surface area (Å²) in [6.45, 7) is 2.07. The molecule has 0 radical (unpaired) electrons. The number of hydrogen-bond donors (Lipinski definition) is 0. The highest BCUT2D eigenvalue weighted by molar-refractivity contribution is 5.82. The number of aryl methyl sites for hydroxylation is 1. The van der Waals surface area contributed by atoms with Gasteiger partial charge in [-0.2, -0.15) is 0 Å².